The van der Waals surface area contributed by atoms with E-state index in [0.717, 1.165) is 19.4 Å². The van der Waals surface area contributed by atoms with E-state index < -0.39 is 0 Å². The first-order valence-electron chi connectivity index (χ1n) is 6.29. The van der Waals surface area contributed by atoms with Gasteiger partial charge in [0.15, 0.2) is 0 Å². The molecule has 1 fully saturated rings. The third kappa shape index (κ3) is 2.95. The van der Waals surface area contributed by atoms with Crippen molar-refractivity contribution >= 4 is 0 Å². The maximum absolute atomic E-state index is 5.42. The Morgan fingerprint density at radius 3 is 2.94 bits per heavy atom. The van der Waals surface area contributed by atoms with Gasteiger partial charge >= 0.3 is 0 Å². The molecule has 0 atom stereocenters. The fourth-order valence-corrected chi connectivity index (χ4v) is 2.28. The second-order valence-corrected chi connectivity index (χ2v) is 4.48. The zero-order valence-corrected chi connectivity index (χ0v) is 9.81. The predicted molar refractivity (Wildman–Crippen MR) is 66.2 cm³/mol. The molecule has 0 aliphatic heterocycles. The van der Waals surface area contributed by atoms with Crippen LogP contribution in [0.4, 0.5) is 0 Å². The largest absolute Gasteiger partial charge is 0.330 e. The molecule has 0 unspecified atom stereocenters. The lowest BCUT2D eigenvalue weighted by molar-refractivity contribution is 0.464. The van der Waals surface area contributed by atoms with Gasteiger partial charge in [-0.1, -0.05) is 25.0 Å². The molecule has 3 heteroatoms. The molecule has 2 N–H and O–H groups in total. The summed E-state index contributed by atoms with van der Waals surface area (Å²) in [5.74, 6) is 0. The van der Waals surface area contributed by atoms with Gasteiger partial charge in [-0.25, -0.2) is 0 Å². The summed E-state index contributed by atoms with van der Waals surface area (Å²) >= 11 is 0. The first-order chi connectivity index (χ1) is 7.90. The van der Waals surface area contributed by atoms with E-state index in [1.165, 1.54) is 31.4 Å². The standard InChI is InChI=1S/C13H21N3/c14-10-5-1-2-6-12-9-11-16(15-12)13-7-3-4-8-13/h1-2,9,11,13H,3-8,10,14H2. The Labute approximate surface area is 97.3 Å². The quantitative estimate of drug-likeness (QED) is 0.773. The summed E-state index contributed by atoms with van der Waals surface area (Å²) in [6.07, 6.45) is 13.6. The zero-order valence-electron chi connectivity index (χ0n) is 9.81. The summed E-state index contributed by atoms with van der Waals surface area (Å²) in [7, 11) is 0. The number of rotatable bonds is 5. The third-order valence-electron chi connectivity index (χ3n) is 3.19. The topological polar surface area (TPSA) is 43.8 Å². The van der Waals surface area contributed by atoms with Crippen molar-refractivity contribution < 1.29 is 0 Å². The molecule has 88 valence electrons. The molecule has 0 aromatic carbocycles. The van der Waals surface area contributed by atoms with Crippen LogP contribution in [0, 0.1) is 0 Å². The molecule has 1 aromatic rings. The molecule has 1 saturated carbocycles. The van der Waals surface area contributed by atoms with Gasteiger partial charge in [0.1, 0.15) is 0 Å². The first-order valence-corrected chi connectivity index (χ1v) is 6.29. The summed E-state index contributed by atoms with van der Waals surface area (Å²) in [6.45, 7) is 0.729. The zero-order chi connectivity index (χ0) is 11.2. The van der Waals surface area contributed by atoms with E-state index in [1.807, 2.05) is 0 Å². The Kier molecular flexibility index (Phi) is 4.17. The molecule has 0 radical (unpaired) electrons. The highest BCUT2D eigenvalue weighted by Gasteiger charge is 2.17. The van der Waals surface area contributed by atoms with E-state index >= 15 is 0 Å². The molecule has 2 rings (SSSR count). The average molecular weight is 219 g/mol. The number of allylic oxidation sites excluding steroid dienone is 1. The Morgan fingerprint density at radius 1 is 1.38 bits per heavy atom. The number of hydrogen-bond acceptors (Lipinski definition) is 2. The second-order valence-electron chi connectivity index (χ2n) is 4.48. The molecule has 0 spiro atoms. The van der Waals surface area contributed by atoms with Crippen molar-refractivity contribution in [3.05, 3.63) is 30.1 Å². The van der Waals surface area contributed by atoms with Crippen LogP contribution >= 0.6 is 0 Å². The lowest BCUT2D eigenvalue weighted by atomic mass is 10.2. The predicted octanol–water partition coefficient (Wildman–Crippen LogP) is 2.45. The molecule has 16 heavy (non-hydrogen) atoms. The minimum atomic E-state index is 0.654. The molecule has 0 saturated heterocycles. The lowest BCUT2D eigenvalue weighted by Crippen LogP contribution is -2.05. The fraction of sp³-hybridized carbons (Fsp3) is 0.615. The molecule has 3 nitrogen and oxygen atoms in total. The van der Waals surface area contributed by atoms with Crippen LogP contribution in [0.3, 0.4) is 0 Å². The van der Waals surface area contributed by atoms with Gasteiger partial charge in [-0.05, 0) is 31.9 Å². The first kappa shape index (κ1) is 11.4. The number of nitrogens with two attached hydrogens (primary N) is 1. The van der Waals surface area contributed by atoms with E-state index in [0.29, 0.717) is 6.04 Å². The highest BCUT2D eigenvalue weighted by atomic mass is 15.3. The summed E-state index contributed by atoms with van der Waals surface area (Å²) < 4.78 is 2.15. The van der Waals surface area contributed by atoms with E-state index in [4.69, 9.17) is 5.73 Å². The van der Waals surface area contributed by atoms with E-state index in [9.17, 15) is 0 Å². The van der Waals surface area contributed by atoms with Crippen LogP contribution in [0.1, 0.15) is 43.8 Å². The van der Waals surface area contributed by atoms with Crippen LogP contribution < -0.4 is 5.73 Å². The second kappa shape index (κ2) is 5.85. The van der Waals surface area contributed by atoms with Crippen molar-refractivity contribution in [3.8, 4) is 0 Å². The van der Waals surface area contributed by atoms with E-state index in [-0.39, 0.29) is 0 Å². The van der Waals surface area contributed by atoms with Crippen LogP contribution in [0.25, 0.3) is 0 Å². The van der Waals surface area contributed by atoms with E-state index in [2.05, 4.69) is 34.2 Å². The normalized spacial score (nSPS) is 17.6. The summed E-state index contributed by atoms with van der Waals surface area (Å²) in [5.41, 5.74) is 6.59. The molecular weight excluding hydrogens is 198 g/mol. The van der Waals surface area contributed by atoms with Crippen molar-refractivity contribution in [2.24, 2.45) is 5.73 Å². The van der Waals surface area contributed by atoms with Crippen LogP contribution in [-0.4, -0.2) is 16.3 Å². The number of aromatic nitrogens is 2. The Hall–Kier alpha value is -1.09. The van der Waals surface area contributed by atoms with Gasteiger partial charge in [-0.2, -0.15) is 5.10 Å². The summed E-state index contributed by atoms with van der Waals surface area (Å²) in [5, 5.41) is 4.62. The summed E-state index contributed by atoms with van der Waals surface area (Å²) in [4.78, 5) is 0. The highest BCUT2D eigenvalue weighted by molar-refractivity contribution is 5.05. The number of hydrogen-bond donors (Lipinski definition) is 1. The monoisotopic (exact) mass is 219 g/mol. The SMILES string of the molecule is NCCC=CCc1ccn(C2CCCC2)n1. The van der Waals surface area contributed by atoms with Gasteiger partial charge in [-0.15, -0.1) is 0 Å². The molecule has 0 bridgehead atoms. The number of nitrogens with zero attached hydrogens (tertiary/aromatic N) is 2. The van der Waals surface area contributed by atoms with Crippen LogP contribution in [-0.2, 0) is 6.42 Å². The van der Waals surface area contributed by atoms with Crippen molar-refractivity contribution in [3.63, 3.8) is 0 Å². The van der Waals surface area contributed by atoms with Crippen LogP contribution in [0.5, 0.6) is 0 Å². The van der Waals surface area contributed by atoms with Crippen LogP contribution in [0.15, 0.2) is 24.4 Å². The van der Waals surface area contributed by atoms with Gasteiger partial charge in [0.05, 0.1) is 11.7 Å². The van der Waals surface area contributed by atoms with Gasteiger partial charge in [0, 0.05) is 12.6 Å². The van der Waals surface area contributed by atoms with Crippen molar-refractivity contribution in [2.75, 3.05) is 6.54 Å². The molecular formula is C13H21N3. The minimum Gasteiger partial charge on any atom is -0.330 e. The molecule has 1 heterocycles. The smallest absolute Gasteiger partial charge is 0.0662 e. The van der Waals surface area contributed by atoms with Gasteiger partial charge in [0.2, 0.25) is 0 Å². The van der Waals surface area contributed by atoms with Crippen molar-refractivity contribution in [1.82, 2.24) is 9.78 Å². The minimum absolute atomic E-state index is 0.654. The van der Waals surface area contributed by atoms with Gasteiger partial charge in [-0.3, -0.25) is 4.68 Å². The van der Waals surface area contributed by atoms with Crippen LogP contribution in [0.2, 0.25) is 0 Å². The Balaban J connectivity index is 1.86. The lowest BCUT2D eigenvalue weighted by Gasteiger charge is -2.08. The summed E-state index contributed by atoms with van der Waals surface area (Å²) in [6, 6.07) is 2.78. The Bertz CT molecular complexity index is 335. The van der Waals surface area contributed by atoms with E-state index in [1.54, 1.807) is 0 Å². The molecule has 0 amide bonds. The molecule has 1 aliphatic carbocycles. The fourth-order valence-electron chi connectivity index (χ4n) is 2.28. The highest BCUT2D eigenvalue weighted by Crippen LogP contribution is 2.28. The van der Waals surface area contributed by atoms with Gasteiger partial charge < -0.3 is 5.73 Å². The Morgan fingerprint density at radius 2 is 2.19 bits per heavy atom. The van der Waals surface area contributed by atoms with Crippen molar-refractivity contribution in [1.29, 1.82) is 0 Å². The average Bonchev–Trinajstić information content (AvgIpc) is 2.94. The molecule has 1 aliphatic rings. The van der Waals surface area contributed by atoms with Crippen molar-refractivity contribution in [2.45, 2.75) is 44.6 Å². The van der Waals surface area contributed by atoms with Gasteiger partial charge in [0.25, 0.3) is 0 Å². The maximum atomic E-state index is 5.42. The maximum Gasteiger partial charge on any atom is 0.0662 e. The molecule has 1 aromatic heterocycles. The third-order valence-corrected chi connectivity index (χ3v) is 3.19.